The predicted octanol–water partition coefficient (Wildman–Crippen LogP) is 9.83. The Labute approximate surface area is 237 Å². The topological polar surface area (TPSA) is 58.6 Å². The van der Waals surface area contributed by atoms with Crippen LogP contribution in [0.4, 0.5) is 5.69 Å². The quantitative estimate of drug-likeness (QED) is 0.235. The molecule has 0 aliphatic carbocycles. The molecule has 1 heterocycles. The van der Waals surface area contributed by atoms with Gasteiger partial charge in [-0.1, -0.05) is 95.6 Å². The van der Waals surface area contributed by atoms with Crippen LogP contribution in [-0.2, 0) is 10.8 Å². The first kappa shape index (κ1) is 27.4. The summed E-state index contributed by atoms with van der Waals surface area (Å²) in [5.74, 6) is 0.783. The number of benzene rings is 4. The number of para-hydroxylation sites is 2. The van der Waals surface area contributed by atoms with Crippen LogP contribution in [0.25, 0.3) is 33.7 Å². The van der Waals surface area contributed by atoms with E-state index < -0.39 is 0 Å². The van der Waals surface area contributed by atoms with E-state index in [1.165, 1.54) is 11.1 Å². The van der Waals surface area contributed by atoms with Crippen LogP contribution in [0.5, 0.6) is 5.75 Å². The van der Waals surface area contributed by atoms with Crippen molar-refractivity contribution in [2.24, 2.45) is 4.99 Å². The van der Waals surface area contributed by atoms with Gasteiger partial charge in [-0.25, -0.2) is 4.98 Å². The summed E-state index contributed by atoms with van der Waals surface area (Å²) in [4.78, 5) is 9.82. The first-order valence-electron chi connectivity index (χ1n) is 13.8. The molecule has 0 amide bonds. The largest absolute Gasteiger partial charge is 0.507 e. The number of aryl methyl sites for hydroxylation is 2. The van der Waals surface area contributed by atoms with E-state index in [9.17, 15) is 5.11 Å². The summed E-state index contributed by atoms with van der Waals surface area (Å²) in [6.45, 7) is 17.1. The lowest BCUT2D eigenvalue weighted by molar-refractivity contribution is 0.444. The molecular weight excluding hydrogens is 492 g/mol. The highest BCUT2D eigenvalue weighted by atomic mass is 16.3. The van der Waals surface area contributed by atoms with Gasteiger partial charge in [-0.3, -0.25) is 4.99 Å². The van der Waals surface area contributed by atoms with Crippen molar-refractivity contribution in [1.82, 2.24) is 4.98 Å². The van der Waals surface area contributed by atoms with Crippen LogP contribution >= 0.6 is 0 Å². The van der Waals surface area contributed by atoms with Crippen molar-refractivity contribution in [3.63, 3.8) is 0 Å². The van der Waals surface area contributed by atoms with Gasteiger partial charge in [0.15, 0.2) is 5.58 Å². The molecule has 1 aromatic heterocycles. The molecule has 0 aliphatic heterocycles. The fourth-order valence-corrected chi connectivity index (χ4v) is 4.97. The average molecular weight is 531 g/mol. The molecule has 0 aliphatic rings. The number of fused-ring (bicyclic) bond motifs is 1. The van der Waals surface area contributed by atoms with E-state index in [1.54, 1.807) is 6.21 Å². The first-order chi connectivity index (χ1) is 18.8. The second-order valence-electron chi connectivity index (χ2n) is 12.7. The van der Waals surface area contributed by atoms with Gasteiger partial charge in [0.25, 0.3) is 0 Å². The average Bonchev–Trinajstić information content (AvgIpc) is 3.33. The zero-order valence-corrected chi connectivity index (χ0v) is 24.8. The van der Waals surface area contributed by atoms with Crippen LogP contribution in [0.3, 0.4) is 0 Å². The minimum absolute atomic E-state index is 0.0697. The number of aromatic nitrogens is 1. The minimum Gasteiger partial charge on any atom is -0.507 e. The van der Waals surface area contributed by atoms with Crippen molar-refractivity contribution in [2.45, 2.75) is 66.2 Å². The number of aliphatic imine (C=N–C) groups is 1. The highest BCUT2D eigenvalue weighted by Crippen LogP contribution is 2.39. The predicted molar refractivity (Wildman–Crippen MR) is 167 cm³/mol. The number of hydrogen-bond donors (Lipinski definition) is 1. The van der Waals surface area contributed by atoms with Crippen molar-refractivity contribution in [3.05, 3.63) is 101 Å². The third-order valence-electron chi connectivity index (χ3n) is 7.39. The van der Waals surface area contributed by atoms with Crippen LogP contribution in [-0.4, -0.2) is 16.3 Å². The summed E-state index contributed by atoms with van der Waals surface area (Å²) in [7, 11) is 0. The molecule has 5 rings (SSSR count). The molecule has 0 spiro atoms. The highest BCUT2D eigenvalue weighted by molar-refractivity contribution is 5.94. The summed E-state index contributed by atoms with van der Waals surface area (Å²) in [6.07, 6.45) is 1.75. The Bertz CT molecular complexity index is 1740. The van der Waals surface area contributed by atoms with E-state index in [0.717, 1.165) is 44.6 Å². The van der Waals surface area contributed by atoms with Crippen molar-refractivity contribution in [2.75, 3.05) is 0 Å². The Morgan fingerprint density at radius 2 is 1.50 bits per heavy atom. The molecule has 204 valence electrons. The van der Waals surface area contributed by atoms with Gasteiger partial charge < -0.3 is 9.52 Å². The Kier molecular flexibility index (Phi) is 6.91. The van der Waals surface area contributed by atoms with E-state index in [-0.39, 0.29) is 16.6 Å². The smallest absolute Gasteiger partial charge is 0.229 e. The van der Waals surface area contributed by atoms with Crippen LogP contribution < -0.4 is 0 Å². The van der Waals surface area contributed by atoms with E-state index in [1.807, 2.05) is 42.5 Å². The first-order valence-corrected chi connectivity index (χ1v) is 13.8. The lowest BCUT2D eigenvalue weighted by Gasteiger charge is -2.27. The van der Waals surface area contributed by atoms with Crippen molar-refractivity contribution in [3.8, 4) is 28.3 Å². The summed E-state index contributed by atoms with van der Waals surface area (Å²) in [5, 5.41) is 11.2. The normalized spacial score (nSPS) is 12.5. The Hall–Kier alpha value is -4.18. The molecule has 0 saturated carbocycles. The second-order valence-corrected chi connectivity index (χ2v) is 12.7. The zero-order valence-electron chi connectivity index (χ0n) is 24.8. The van der Waals surface area contributed by atoms with Gasteiger partial charge in [-0.05, 0) is 65.6 Å². The molecule has 0 radical (unpaired) electrons. The summed E-state index contributed by atoms with van der Waals surface area (Å²) >= 11 is 0. The number of nitrogens with zero attached hydrogens (tertiary/aromatic N) is 2. The Balaban J connectivity index is 1.61. The molecule has 4 aromatic carbocycles. The van der Waals surface area contributed by atoms with Crippen molar-refractivity contribution < 1.29 is 9.52 Å². The lowest BCUT2D eigenvalue weighted by atomic mass is 9.79. The van der Waals surface area contributed by atoms with E-state index in [2.05, 4.69) is 85.7 Å². The monoisotopic (exact) mass is 530 g/mol. The minimum atomic E-state index is -0.211. The molecule has 5 aromatic rings. The van der Waals surface area contributed by atoms with Crippen LogP contribution in [0.15, 0.2) is 82.2 Å². The van der Waals surface area contributed by atoms with Gasteiger partial charge in [-0.2, -0.15) is 0 Å². The third kappa shape index (κ3) is 5.31. The maximum absolute atomic E-state index is 11.2. The third-order valence-corrected chi connectivity index (χ3v) is 7.39. The Morgan fingerprint density at radius 3 is 2.23 bits per heavy atom. The summed E-state index contributed by atoms with van der Waals surface area (Å²) in [5.41, 5.74) is 10.2. The number of aromatic hydroxyl groups is 1. The maximum Gasteiger partial charge on any atom is 0.229 e. The number of phenols is 1. The molecule has 4 heteroatoms. The standard InChI is InChI=1S/C36H38N2O2/c1-22-16-17-23(2)28(18-22)26-13-11-15-31-32(26)38-34(40-31)27-12-9-10-14-30(27)37-21-24-19-25(35(3,4)5)20-29(33(24)39)36(6,7)8/h9-21,39H,1-8H3. The molecule has 40 heavy (non-hydrogen) atoms. The van der Waals surface area contributed by atoms with Gasteiger partial charge in [0.05, 0.1) is 11.3 Å². The van der Waals surface area contributed by atoms with Crippen LogP contribution in [0.2, 0.25) is 0 Å². The maximum atomic E-state index is 11.2. The summed E-state index contributed by atoms with van der Waals surface area (Å²) in [6, 6.07) is 24.5. The molecule has 4 nitrogen and oxygen atoms in total. The van der Waals surface area contributed by atoms with Gasteiger partial charge in [0.1, 0.15) is 11.3 Å². The van der Waals surface area contributed by atoms with Crippen LogP contribution in [0, 0.1) is 13.8 Å². The molecule has 1 N–H and O–H groups in total. The van der Waals surface area contributed by atoms with Gasteiger partial charge >= 0.3 is 0 Å². The van der Waals surface area contributed by atoms with Crippen molar-refractivity contribution in [1.29, 1.82) is 0 Å². The zero-order chi connectivity index (χ0) is 28.8. The molecule has 0 unspecified atom stereocenters. The number of hydrogen-bond acceptors (Lipinski definition) is 4. The summed E-state index contributed by atoms with van der Waals surface area (Å²) < 4.78 is 6.30. The number of oxazole rings is 1. The fourth-order valence-electron chi connectivity index (χ4n) is 4.97. The number of rotatable bonds is 4. The molecule has 0 bridgehead atoms. The van der Waals surface area contributed by atoms with Gasteiger partial charge in [-0.15, -0.1) is 0 Å². The van der Waals surface area contributed by atoms with Crippen molar-refractivity contribution >= 4 is 23.0 Å². The molecule has 0 fully saturated rings. The van der Waals surface area contributed by atoms with Gasteiger partial charge in [0, 0.05) is 22.9 Å². The molecular formula is C36H38N2O2. The lowest BCUT2D eigenvalue weighted by Crippen LogP contribution is -2.17. The van der Waals surface area contributed by atoms with E-state index >= 15 is 0 Å². The van der Waals surface area contributed by atoms with Crippen LogP contribution in [0.1, 0.15) is 69.4 Å². The fraction of sp³-hybridized carbons (Fsp3) is 0.278. The number of phenolic OH excluding ortho intramolecular Hbond substituents is 1. The highest BCUT2D eigenvalue weighted by Gasteiger charge is 2.24. The SMILES string of the molecule is Cc1ccc(C)c(-c2cccc3oc(-c4ccccc4N=Cc4cc(C(C)(C)C)cc(C(C)(C)C)c4O)nc23)c1. The molecule has 0 saturated heterocycles. The van der Waals surface area contributed by atoms with Gasteiger partial charge in [0.2, 0.25) is 5.89 Å². The Morgan fingerprint density at radius 1 is 0.775 bits per heavy atom. The molecule has 0 atom stereocenters. The van der Waals surface area contributed by atoms with E-state index in [0.29, 0.717) is 11.5 Å². The second kappa shape index (κ2) is 10.1. The van der Waals surface area contributed by atoms with E-state index in [4.69, 9.17) is 14.4 Å².